The fourth-order valence-electron chi connectivity index (χ4n) is 6.32. The maximum atomic E-state index is 14.2. The number of methoxy groups -OCH3 is 1. The molecule has 8 heteroatoms. The Kier molecular flexibility index (Phi) is 9.14. The quantitative estimate of drug-likeness (QED) is 0.449. The standard InChI is InChI=1S/C33H46N2O6/c1-20-13-9-10-14-23(20)26-28(41-19-21-17-22(32(2,3)4)18-34-29(21)39-8)25(33(5,6)7)27(31(37)38)35(26)30(36)24-15-11-12-16-40-24/h9-10,13-14,17-18,24-28H,11-12,15-16,19H2,1-8H3,(H,37,38)/t24-,25+,26-,27-,28-/m0/s1. The Morgan fingerprint density at radius 1 is 1.12 bits per heavy atom. The second-order valence-corrected chi connectivity index (χ2v) is 13.5. The van der Waals surface area contributed by atoms with Crippen LogP contribution in [0, 0.1) is 18.3 Å². The van der Waals surface area contributed by atoms with E-state index in [4.69, 9.17) is 14.2 Å². The average molecular weight is 567 g/mol. The van der Waals surface area contributed by atoms with Crippen LogP contribution in [-0.2, 0) is 31.1 Å². The van der Waals surface area contributed by atoms with Gasteiger partial charge in [-0.1, -0.05) is 65.8 Å². The van der Waals surface area contributed by atoms with Gasteiger partial charge in [0.1, 0.15) is 12.1 Å². The van der Waals surface area contributed by atoms with E-state index in [9.17, 15) is 14.7 Å². The first kappa shape index (κ1) is 31.0. The molecule has 3 heterocycles. The summed E-state index contributed by atoms with van der Waals surface area (Å²) in [6.45, 7) is 15.1. The van der Waals surface area contributed by atoms with Crippen molar-refractivity contribution in [2.75, 3.05) is 13.7 Å². The molecule has 1 N–H and O–H groups in total. The lowest BCUT2D eigenvalue weighted by Crippen LogP contribution is -2.51. The molecule has 2 aliphatic heterocycles. The van der Waals surface area contributed by atoms with Crippen LogP contribution in [-0.4, -0.2) is 58.8 Å². The lowest BCUT2D eigenvalue weighted by atomic mass is 9.73. The Bertz CT molecular complexity index is 1240. The van der Waals surface area contributed by atoms with Gasteiger partial charge in [-0.15, -0.1) is 0 Å². The Balaban J connectivity index is 1.84. The number of ether oxygens (including phenoxy) is 3. The first-order chi connectivity index (χ1) is 19.3. The van der Waals surface area contributed by atoms with Gasteiger partial charge in [0.15, 0.2) is 0 Å². The number of aromatic nitrogens is 1. The number of hydrogen-bond acceptors (Lipinski definition) is 6. The summed E-state index contributed by atoms with van der Waals surface area (Å²) in [5.41, 5.74) is 3.06. The van der Waals surface area contributed by atoms with Crippen molar-refractivity contribution >= 4 is 11.9 Å². The highest BCUT2D eigenvalue weighted by Crippen LogP contribution is 2.51. The minimum atomic E-state index is -1.08. The topological polar surface area (TPSA) is 98.2 Å². The molecule has 224 valence electrons. The summed E-state index contributed by atoms with van der Waals surface area (Å²) in [5.74, 6) is -1.34. The molecule has 1 amide bonds. The predicted molar refractivity (Wildman–Crippen MR) is 157 cm³/mol. The van der Waals surface area contributed by atoms with E-state index in [1.165, 1.54) is 0 Å². The van der Waals surface area contributed by atoms with E-state index in [-0.39, 0.29) is 17.9 Å². The molecular formula is C33H46N2O6. The molecule has 0 saturated carbocycles. The van der Waals surface area contributed by atoms with Gasteiger partial charge in [0.2, 0.25) is 5.88 Å². The number of rotatable bonds is 7. The number of carbonyl (C=O) groups is 2. The highest BCUT2D eigenvalue weighted by atomic mass is 16.5. The molecule has 41 heavy (non-hydrogen) atoms. The summed E-state index contributed by atoms with van der Waals surface area (Å²) in [7, 11) is 1.58. The minimum absolute atomic E-state index is 0.128. The number of benzene rings is 1. The van der Waals surface area contributed by atoms with Crippen LogP contribution in [0.15, 0.2) is 36.5 Å². The Labute approximate surface area is 244 Å². The van der Waals surface area contributed by atoms with E-state index in [0.29, 0.717) is 18.9 Å². The molecule has 5 atom stereocenters. The van der Waals surface area contributed by atoms with Crippen molar-refractivity contribution in [3.8, 4) is 5.88 Å². The van der Waals surface area contributed by atoms with Crippen LogP contribution in [0.3, 0.4) is 0 Å². The fourth-order valence-corrected chi connectivity index (χ4v) is 6.32. The molecule has 0 bridgehead atoms. The maximum Gasteiger partial charge on any atom is 0.326 e. The number of carboxylic acid groups (broad SMARTS) is 1. The van der Waals surface area contributed by atoms with Gasteiger partial charge in [-0.3, -0.25) is 4.79 Å². The number of hydrogen-bond donors (Lipinski definition) is 1. The van der Waals surface area contributed by atoms with Crippen LogP contribution < -0.4 is 4.74 Å². The Morgan fingerprint density at radius 3 is 2.39 bits per heavy atom. The van der Waals surface area contributed by atoms with Crippen LogP contribution in [0.4, 0.5) is 0 Å². The zero-order valence-corrected chi connectivity index (χ0v) is 25.8. The largest absolute Gasteiger partial charge is 0.481 e. The van der Waals surface area contributed by atoms with Crippen LogP contribution in [0.2, 0.25) is 0 Å². The van der Waals surface area contributed by atoms with Gasteiger partial charge >= 0.3 is 5.97 Å². The number of likely N-dealkylation sites (tertiary alicyclic amines) is 1. The molecule has 0 aliphatic carbocycles. The molecule has 0 unspecified atom stereocenters. The number of amides is 1. The molecule has 2 aliphatic rings. The van der Waals surface area contributed by atoms with E-state index < -0.39 is 41.6 Å². The molecule has 2 fully saturated rings. The first-order valence-electron chi connectivity index (χ1n) is 14.6. The van der Waals surface area contributed by atoms with Crippen molar-refractivity contribution < 1.29 is 28.9 Å². The van der Waals surface area contributed by atoms with Crippen LogP contribution in [0.25, 0.3) is 0 Å². The predicted octanol–water partition coefficient (Wildman–Crippen LogP) is 5.85. The maximum absolute atomic E-state index is 14.2. The third kappa shape index (κ3) is 6.44. The smallest absolute Gasteiger partial charge is 0.326 e. The zero-order chi connectivity index (χ0) is 30.1. The van der Waals surface area contributed by atoms with Crippen LogP contribution in [0.1, 0.15) is 89.1 Å². The summed E-state index contributed by atoms with van der Waals surface area (Å²) in [6, 6.07) is 8.21. The fraction of sp³-hybridized carbons (Fsp3) is 0.606. The third-order valence-electron chi connectivity index (χ3n) is 8.49. The number of nitrogens with zero attached hydrogens (tertiary/aromatic N) is 2. The average Bonchev–Trinajstić information content (AvgIpc) is 3.27. The molecule has 4 rings (SSSR count). The molecule has 2 aromatic rings. The van der Waals surface area contributed by atoms with Crippen LogP contribution in [0.5, 0.6) is 5.88 Å². The minimum Gasteiger partial charge on any atom is -0.481 e. The lowest BCUT2D eigenvalue weighted by molar-refractivity contribution is -0.159. The van der Waals surface area contributed by atoms with Gasteiger partial charge in [0.25, 0.3) is 5.91 Å². The Hall–Kier alpha value is -2.97. The molecule has 0 radical (unpaired) electrons. The van der Waals surface area contributed by atoms with Gasteiger partial charge in [0.05, 0.1) is 25.9 Å². The summed E-state index contributed by atoms with van der Waals surface area (Å²) < 4.78 is 18.3. The number of aliphatic carboxylic acids is 1. The SMILES string of the molecule is COc1ncc(C(C)(C)C)cc1CO[C@H]1[C@H](C(C)(C)C)[C@@H](C(=O)O)N(C(=O)[C@@H]2CCCCO2)[C@H]1c1ccccc1C. The lowest BCUT2D eigenvalue weighted by Gasteiger charge is -2.35. The number of carbonyl (C=O) groups excluding carboxylic acids is 1. The normalized spacial score (nSPS) is 25.3. The second-order valence-electron chi connectivity index (χ2n) is 13.5. The zero-order valence-electron chi connectivity index (χ0n) is 25.8. The van der Waals surface area contributed by atoms with Gasteiger partial charge in [-0.05, 0) is 59.8 Å². The van der Waals surface area contributed by atoms with Crippen molar-refractivity contribution in [1.29, 1.82) is 0 Å². The van der Waals surface area contributed by atoms with E-state index in [2.05, 4.69) is 25.8 Å². The highest BCUT2D eigenvalue weighted by Gasteiger charge is 2.59. The molecular weight excluding hydrogens is 520 g/mol. The molecule has 8 nitrogen and oxygen atoms in total. The van der Waals surface area contributed by atoms with Gasteiger partial charge in [0, 0.05) is 24.3 Å². The molecule has 0 spiro atoms. The van der Waals surface area contributed by atoms with E-state index >= 15 is 0 Å². The second kappa shape index (κ2) is 12.1. The van der Waals surface area contributed by atoms with Crippen molar-refractivity contribution in [1.82, 2.24) is 9.88 Å². The number of pyridine rings is 1. The number of carboxylic acids is 1. The van der Waals surface area contributed by atoms with Gasteiger partial charge in [-0.2, -0.15) is 0 Å². The van der Waals surface area contributed by atoms with Gasteiger partial charge in [-0.25, -0.2) is 9.78 Å². The summed E-state index contributed by atoms with van der Waals surface area (Å²) in [5, 5.41) is 10.7. The Morgan fingerprint density at radius 2 is 1.83 bits per heavy atom. The van der Waals surface area contributed by atoms with Crippen molar-refractivity contribution in [3.63, 3.8) is 0 Å². The number of aryl methyl sites for hydroxylation is 1. The van der Waals surface area contributed by atoms with Crippen LogP contribution >= 0.6 is 0 Å². The third-order valence-corrected chi connectivity index (χ3v) is 8.49. The highest BCUT2D eigenvalue weighted by molar-refractivity contribution is 5.88. The van der Waals surface area contributed by atoms with Crippen molar-refractivity contribution in [2.24, 2.45) is 11.3 Å². The summed E-state index contributed by atoms with van der Waals surface area (Å²) >= 11 is 0. The van der Waals surface area contributed by atoms with E-state index in [0.717, 1.165) is 35.1 Å². The van der Waals surface area contributed by atoms with E-state index in [1.54, 1.807) is 12.0 Å². The molecule has 1 aromatic heterocycles. The summed E-state index contributed by atoms with van der Waals surface area (Å²) in [6.07, 6.45) is 2.90. The summed E-state index contributed by atoms with van der Waals surface area (Å²) in [4.78, 5) is 33.4. The molecule has 2 saturated heterocycles. The van der Waals surface area contributed by atoms with Crippen molar-refractivity contribution in [3.05, 3.63) is 58.8 Å². The molecule has 1 aromatic carbocycles. The van der Waals surface area contributed by atoms with Crippen molar-refractivity contribution in [2.45, 2.75) is 104 Å². The van der Waals surface area contributed by atoms with Gasteiger partial charge < -0.3 is 24.2 Å². The monoisotopic (exact) mass is 566 g/mol. The van der Waals surface area contributed by atoms with E-state index in [1.807, 2.05) is 64.2 Å². The first-order valence-corrected chi connectivity index (χ1v) is 14.6.